The van der Waals surface area contributed by atoms with Gasteiger partial charge in [0.05, 0.1) is 34.2 Å². The molecular formula is C21H18N2O8. The molecule has 2 aromatic carbocycles. The van der Waals surface area contributed by atoms with Crippen LogP contribution in [0.25, 0.3) is 0 Å². The van der Waals surface area contributed by atoms with Crippen LogP contribution < -0.4 is 0 Å². The molecule has 0 radical (unpaired) electrons. The Labute approximate surface area is 176 Å². The molecule has 0 aliphatic heterocycles. The van der Waals surface area contributed by atoms with E-state index in [0.29, 0.717) is 0 Å². The number of benzene rings is 2. The van der Waals surface area contributed by atoms with E-state index in [0.717, 1.165) is 19.3 Å². The van der Waals surface area contributed by atoms with Crippen molar-refractivity contribution in [2.45, 2.75) is 19.3 Å². The fourth-order valence-electron chi connectivity index (χ4n) is 4.18. The lowest BCUT2D eigenvalue weighted by molar-refractivity contribution is -0.385. The number of esters is 2. The van der Waals surface area contributed by atoms with E-state index in [1.165, 1.54) is 48.5 Å². The van der Waals surface area contributed by atoms with Gasteiger partial charge in [0.15, 0.2) is 0 Å². The molecule has 0 heterocycles. The quantitative estimate of drug-likeness (QED) is 0.354. The van der Waals surface area contributed by atoms with Gasteiger partial charge in [-0.2, -0.15) is 0 Å². The van der Waals surface area contributed by atoms with E-state index in [4.69, 9.17) is 9.47 Å². The Kier molecular flexibility index (Phi) is 4.92. The molecular weight excluding hydrogens is 408 g/mol. The maximum Gasteiger partial charge on any atom is 0.338 e. The topological polar surface area (TPSA) is 139 Å². The lowest BCUT2D eigenvalue weighted by atomic mass is 9.74. The second kappa shape index (κ2) is 7.46. The molecule has 0 N–H and O–H groups in total. The van der Waals surface area contributed by atoms with Gasteiger partial charge in [-0.25, -0.2) is 9.59 Å². The van der Waals surface area contributed by atoms with Crippen molar-refractivity contribution < 1.29 is 28.9 Å². The summed E-state index contributed by atoms with van der Waals surface area (Å²) >= 11 is 0. The molecule has 2 aliphatic rings. The lowest BCUT2D eigenvalue weighted by Gasteiger charge is -2.34. The number of carbonyl (C=O) groups is 2. The van der Waals surface area contributed by atoms with Crippen LogP contribution in [-0.4, -0.2) is 35.0 Å². The van der Waals surface area contributed by atoms with Crippen LogP contribution in [0.2, 0.25) is 0 Å². The SMILES string of the molecule is O=C(OCC12CCC1(COC(=O)c1ccc([N+](=O)[O-])cc1)C2)c1ccc([N+](=O)[O-])cc1. The van der Waals surface area contributed by atoms with Gasteiger partial charge in [-0.05, 0) is 43.5 Å². The van der Waals surface area contributed by atoms with Gasteiger partial charge in [0.1, 0.15) is 0 Å². The molecule has 0 bridgehead atoms. The molecule has 2 unspecified atom stereocenters. The Bertz CT molecular complexity index is 980. The minimum atomic E-state index is -0.556. The molecule has 0 aromatic heterocycles. The van der Waals surface area contributed by atoms with Gasteiger partial charge in [-0.1, -0.05) is 0 Å². The summed E-state index contributed by atoms with van der Waals surface area (Å²) in [7, 11) is 0. The summed E-state index contributed by atoms with van der Waals surface area (Å²) in [5.41, 5.74) is -0.164. The van der Waals surface area contributed by atoms with Crippen molar-refractivity contribution >= 4 is 23.3 Å². The van der Waals surface area contributed by atoms with E-state index < -0.39 is 21.8 Å². The van der Waals surface area contributed by atoms with Crippen LogP contribution in [-0.2, 0) is 9.47 Å². The number of hydrogen-bond acceptors (Lipinski definition) is 8. The first-order valence-electron chi connectivity index (χ1n) is 9.59. The maximum absolute atomic E-state index is 12.2. The highest BCUT2D eigenvalue weighted by Gasteiger charge is 2.74. The van der Waals surface area contributed by atoms with Crippen LogP contribution in [0, 0.1) is 31.1 Å². The van der Waals surface area contributed by atoms with Crippen molar-refractivity contribution in [3.8, 4) is 0 Å². The fraction of sp³-hybridized carbons (Fsp3) is 0.333. The number of rotatable bonds is 8. The third-order valence-corrected chi connectivity index (χ3v) is 6.35. The summed E-state index contributed by atoms with van der Waals surface area (Å²) in [6.07, 6.45) is 2.49. The van der Waals surface area contributed by atoms with Gasteiger partial charge in [0.25, 0.3) is 11.4 Å². The average Bonchev–Trinajstić information content (AvgIpc) is 3.23. The minimum absolute atomic E-state index is 0.106. The normalized spacial score (nSPS) is 23.1. The van der Waals surface area contributed by atoms with Gasteiger partial charge >= 0.3 is 11.9 Å². The molecule has 31 heavy (non-hydrogen) atoms. The maximum atomic E-state index is 12.2. The summed E-state index contributed by atoms with van der Waals surface area (Å²) in [5, 5.41) is 21.4. The molecule has 0 spiro atoms. The van der Waals surface area contributed by atoms with Crippen molar-refractivity contribution in [2.24, 2.45) is 10.8 Å². The average molecular weight is 426 g/mol. The van der Waals surface area contributed by atoms with Gasteiger partial charge in [-0.15, -0.1) is 0 Å². The third-order valence-electron chi connectivity index (χ3n) is 6.35. The van der Waals surface area contributed by atoms with Gasteiger partial charge in [-0.3, -0.25) is 20.2 Å². The van der Waals surface area contributed by atoms with Crippen LogP contribution in [0.5, 0.6) is 0 Å². The number of ether oxygens (including phenoxy) is 2. The first-order valence-corrected chi connectivity index (χ1v) is 9.59. The molecule has 160 valence electrons. The van der Waals surface area contributed by atoms with Crippen LogP contribution in [0.1, 0.15) is 40.0 Å². The molecule has 4 rings (SSSR count). The number of nitro benzene ring substituents is 2. The summed E-state index contributed by atoms with van der Waals surface area (Å²) in [6, 6.07) is 10.4. The summed E-state index contributed by atoms with van der Waals surface area (Å²) < 4.78 is 10.8. The summed E-state index contributed by atoms with van der Waals surface area (Å²) in [5.74, 6) is -1.11. The largest absolute Gasteiger partial charge is 0.461 e. The minimum Gasteiger partial charge on any atom is -0.461 e. The Morgan fingerprint density at radius 3 is 1.39 bits per heavy atom. The predicted molar refractivity (Wildman–Crippen MR) is 105 cm³/mol. The highest BCUT2D eigenvalue weighted by Crippen LogP contribution is 2.77. The Hall–Kier alpha value is -3.82. The Morgan fingerprint density at radius 1 is 0.742 bits per heavy atom. The fourth-order valence-corrected chi connectivity index (χ4v) is 4.18. The van der Waals surface area contributed by atoms with E-state index in [1.807, 2.05) is 0 Å². The van der Waals surface area contributed by atoms with Crippen molar-refractivity contribution in [2.75, 3.05) is 13.2 Å². The van der Waals surface area contributed by atoms with Gasteiger partial charge in [0, 0.05) is 35.1 Å². The van der Waals surface area contributed by atoms with Gasteiger partial charge < -0.3 is 9.47 Å². The van der Waals surface area contributed by atoms with Crippen molar-refractivity contribution in [3.63, 3.8) is 0 Å². The van der Waals surface area contributed by atoms with E-state index in [-0.39, 0.29) is 46.5 Å². The molecule has 0 amide bonds. The summed E-state index contributed by atoms with van der Waals surface area (Å²) in [4.78, 5) is 44.8. The van der Waals surface area contributed by atoms with Crippen LogP contribution in [0.3, 0.4) is 0 Å². The highest BCUT2D eigenvalue weighted by atomic mass is 16.6. The zero-order chi connectivity index (χ0) is 22.2. The van der Waals surface area contributed by atoms with Crippen LogP contribution in [0.4, 0.5) is 11.4 Å². The highest BCUT2D eigenvalue weighted by molar-refractivity contribution is 5.90. The molecule has 2 aliphatic carbocycles. The molecule has 2 aromatic rings. The molecule has 0 saturated heterocycles. The zero-order valence-corrected chi connectivity index (χ0v) is 16.3. The molecule has 2 saturated carbocycles. The smallest absolute Gasteiger partial charge is 0.338 e. The number of hydrogen-bond donors (Lipinski definition) is 0. The molecule has 2 fully saturated rings. The number of nitrogens with zero attached hydrogens (tertiary/aromatic N) is 2. The molecule has 2 atom stereocenters. The first-order chi connectivity index (χ1) is 14.8. The third kappa shape index (κ3) is 3.72. The van der Waals surface area contributed by atoms with Crippen molar-refractivity contribution in [3.05, 3.63) is 79.9 Å². The monoisotopic (exact) mass is 426 g/mol. The van der Waals surface area contributed by atoms with E-state index >= 15 is 0 Å². The predicted octanol–water partition coefficient (Wildman–Crippen LogP) is 3.69. The second-order valence-electron chi connectivity index (χ2n) is 8.00. The number of non-ortho nitro benzene ring substituents is 2. The summed E-state index contributed by atoms with van der Waals surface area (Å²) in [6.45, 7) is 0.385. The van der Waals surface area contributed by atoms with Crippen LogP contribution >= 0.6 is 0 Å². The van der Waals surface area contributed by atoms with E-state index in [2.05, 4.69) is 0 Å². The molecule has 10 nitrogen and oxygen atoms in total. The first kappa shape index (κ1) is 20.5. The van der Waals surface area contributed by atoms with Crippen molar-refractivity contribution in [1.29, 1.82) is 0 Å². The zero-order valence-electron chi connectivity index (χ0n) is 16.3. The number of carbonyl (C=O) groups excluding carboxylic acids is 2. The Morgan fingerprint density at radius 2 is 1.10 bits per heavy atom. The van der Waals surface area contributed by atoms with E-state index in [9.17, 15) is 29.8 Å². The van der Waals surface area contributed by atoms with Crippen molar-refractivity contribution in [1.82, 2.24) is 0 Å². The lowest BCUT2D eigenvalue weighted by Crippen LogP contribution is -2.34. The number of fused-ring (bicyclic) bond motifs is 1. The van der Waals surface area contributed by atoms with E-state index in [1.54, 1.807) is 0 Å². The number of nitro groups is 2. The molecule has 10 heteroatoms. The Balaban J connectivity index is 1.29. The van der Waals surface area contributed by atoms with Crippen LogP contribution in [0.15, 0.2) is 48.5 Å². The standard InChI is InChI=1S/C21H18N2O8/c24-18(14-1-5-16(6-2-14)22(26)27)30-12-20-9-10-21(20,11-20)13-31-19(25)15-3-7-17(8-4-15)23(28)29/h1-8H,9-13H2. The second-order valence-corrected chi connectivity index (χ2v) is 8.00. The van der Waals surface area contributed by atoms with Gasteiger partial charge in [0.2, 0.25) is 0 Å².